The largest absolute Gasteiger partial charge is 0.416 e. The third kappa shape index (κ3) is 3.22. The highest BCUT2D eigenvalue weighted by Gasteiger charge is 2.33. The molecule has 0 aliphatic carbocycles. The molecule has 0 aliphatic rings. The predicted molar refractivity (Wildman–Crippen MR) is 69.8 cm³/mol. The van der Waals surface area contributed by atoms with E-state index in [0.29, 0.717) is 0 Å². The zero-order valence-corrected chi connectivity index (χ0v) is 10.9. The molecule has 21 heavy (non-hydrogen) atoms. The van der Waals surface area contributed by atoms with Crippen molar-refractivity contribution < 1.29 is 18.0 Å². The fourth-order valence-corrected chi connectivity index (χ4v) is 1.94. The van der Waals surface area contributed by atoms with Gasteiger partial charge in [-0.1, -0.05) is 6.07 Å². The van der Waals surface area contributed by atoms with Crippen LogP contribution >= 0.6 is 0 Å². The molecule has 1 aromatic carbocycles. The number of rotatable bonds is 4. The van der Waals surface area contributed by atoms with Crippen LogP contribution in [0.5, 0.6) is 0 Å². The van der Waals surface area contributed by atoms with Gasteiger partial charge in [0.2, 0.25) is 0 Å². The molecule has 112 valence electrons. The summed E-state index contributed by atoms with van der Waals surface area (Å²) in [7, 11) is 0. The van der Waals surface area contributed by atoms with E-state index in [4.69, 9.17) is 11.5 Å². The van der Waals surface area contributed by atoms with Gasteiger partial charge in [-0.15, -0.1) is 0 Å². The quantitative estimate of drug-likeness (QED) is 0.896. The van der Waals surface area contributed by atoms with Crippen LogP contribution < -0.4 is 11.5 Å². The van der Waals surface area contributed by atoms with Gasteiger partial charge in [0.25, 0.3) is 5.91 Å². The van der Waals surface area contributed by atoms with Crippen molar-refractivity contribution in [2.75, 3.05) is 6.54 Å². The van der Waals surface area contributed by atoms with Gasteiger partial charge in [-0.3, -0.25) is 4.79 Å². The van der Waals surface area contributed by atoms with E-state index >= 15 is 0 Å². The summed E-state index contributed by atoms with van der Waals surface area (Å²) in [5, 5.41) is 3.83. The number of alkyl halides is 3. The van der Waals surface area contributed by atoms with Crippen LogP contribution in [0.3, 0.4) is 0 Å². The first-order valence-corrected chi connectivity index (χ1v) is 6.08. The molecule has 0 aliphatic heterocycles. The number of nitrogens with zero attached hydrogens (tertiary/aromatic N) is 2. The van der Waals surface area contributed by atoms with Crippen LogP contribution in [-0.2, 0) is 12.6 Å². The molecule has 0 radical (unpaired) electrons. The molecule has 5 nitrogen and oxygen atoms in total. The summed E-state index contributed by atoms with van der Waals surface area (Å²) in [5.41, 5.74) is 10.1. The zero-order valence-electron chi connectivity index (χ0n) is 10.9. The van der Waals surface area contributed by atoms with Gasteiger partial charge in [0.15, 0.2) is 0 Å². The number of hydrogen-bond donors (Lipinski definition) is 2. The lowest BCUT2D eigenvalue weighted by Gasteiger charge is -2.14. The Morgan fingerprint density at radius 2 is 2.05 bits per heavy atom. The Labute approximate surface area is 118 Å². The van der Waals surface area contributed by atoms with E-state index in [-0.39, 0.29) is 29.8 Å². The number of primary amides is 1. The molecule has 1 amide bonds. The number of halogens is 3. The van der Waals surface area contributed by atoms with E-state index in [0.717, 1.165) is 6.07 Å². The minimum atomic E-state index is -4.49. The molecule has 0 unspecified atom stereocenters. The van der Waals surface area contributed by atoms with Crippen LogP contribution in [0.4, 0.5) is 13.2 Å². The van der Waals surface area contributed by atoms with Crippen LogP contribution in [-0.4, -0.2) is 22.2 Å². The summed E-state index contributed by atoms with van der Waals surface area (Å²) < 4.78 is 40.3. The van der Waals surface area contributed by atoms with Gasteiger partial charge in [-0.05, 0) is 30.7 Å². The summed E-state index contributed by atoms with van der Waals surface area (Å²) in [6, 6.07) is 3.82. The third-order valence-corrected chi connectivity index (χ3v) is 2.94. The van der Waals surface area contributed by atoms with Crippen molar-refractivity contribution in [1.29, 1.82) is 0 Å². The van der Waals surface area contributed by atoms with Gasteiger partial charge in [0.1, 0.15) is 0 Å². The summed E-state index contributed by atoms with van der Waals surface area (Å²) in [6.45, 7) is 0.121. The van der Waals surface area contributed by atoms with Crippen molar-refractivity contribution in [1.82, 2.24) is 9.78 Å². The standard InChI is InChI=1S/C13H13F3N4O/c14-13(15,16)11-5-10(2-1-8(11)3-4-17)20-7-9(6-19-20)12(18)21/h1-2,5-7H,3-4,17H2,(H2,18,21). The number of amides is 1. The van der Waals surface area contributed by atoms with E-state index in [2.05, 4.69) is 5.10 Å². The normalized spacial score (nSPS) is 11.6. The Morgan fingerprint density at radius 1 is 1.33 bits per heavy atom. The molecule has 0 atom stereocenters. The smallest absolute Gasteiger partial charge is 0.366 e. The average Bonchev–Trinajstić information content (AvgIpc) is 2.88. The molecule has 0 saturated carbocycles. The van der Waals surface area contributed by atoms with Crippen molar-refractivity contribution in [2.45, 2.75) is 12.6 Å². The molecule has 2 rings (SSSR count). The number of carbonyl (C=O) groups is 1. The second kappa shape index (κ2) is 5.57. The minimum absolute atomic E-state index is 0.120. The maximum absolute atomic E-state index is 13.1. The monoisotopic (exact) mass is 298 g/mol. The van der Waals surface area contributed by atoms with Crippen molar-refractivity contribution in [3.8, 4) is 5.69 Å². The molecule has 0 spiro atoms. The Morgan fingerprint density at radius 3 is 2.57 bits per heavy atom. The van der Waals surface area contributed by atoms with E-state index in [1.807, 2.05) is 0 Å². The molecule has 0 fully saturated rings. The maximum Gasteiger partial charge on any atom is 0.416 e. The summed E-state index contributed by atoms with van der Waals surface area (Å²) >= 11 is 0. The topological polar surface area (TPSA) is 86.9 Å². The molecule has 1 aromatic heterocycles. The van der Waals surface area contributed by atoms with Gasteiger partial charge in [0.05, 0.1) is 23.0 Å². The van der Waals surface area contributed by atoms with Crippen molar-refractivity contribution in [2.24, 2.45) is 11.5 Å². The highest BCUT2D eigenvalue weighted by Crippen LogP contribution is 2.33. The van der Waals surface area contributed by atoms with Gasteiger partial charge in [0, 0.05) is 6.20 Å². The maximum atomic E-state index is 13.1. The first kappa shape index (κ1) is 15.0. The lowest BCUT2D eigenvalue weighted by Crippen LogP contribution is -2.13. The Kier molecular flexibility index (Phi) is 3.99. The predicted octanol–water partition coefficient (Wildman–Crippen LogP) is 1.49. The molecule has 0 bridgehead atoms. The number of aromatic nitrogens is 2. The first-order chi connectivity index (χ1) is 9.82. The third-order valence-electron chi connectivity index (χ3n) is 2.94. The summed E-state index contributed by atoms with van der Waals surface area (Å²) in [6.07, 6.45) is -1.88. The van der Waals surface area contributed by atoms with E-state index < -0.39 is 17.6 Å². The van der Waals surface area contributed by atoms with Gasteiger partial charge >= 0.3 is 6.18 Å². The molecule has 2 aromatic rings. The summed E-state index contributed by atoms with van der Waals surface area (Å²) in [4.78, 5) is 11.0. The number of benzene rings is 1. The molecular formula is C13H13F3N4O. The Hall–Kier alpha value is -2.35. The van der Waals surface area contributed by atoms with E-state index in [9.17, 15) is 18.0 Å². The van der Waals surface area contributed by atoms with E-state index in [1.165, 1.54) is 29.2 Å². The molecule has 0 saturated heterocycles. The second-order valence-electron chi connectivity index (χ2n) is 4.42. The number of nitrogens with two attached hydrogens (primary N) is 2. The lowest BCUT2D eigenvalue weighted by molar-refractivity contribution is -0.138. The SMILES string of the molecule is NCCc1ccc(-n2cc(C(N)=O)cn2)cc1C(F)(F)F. The van der Waals surface area contributed by atoms with Gasteiger partial charge < -0.3 is 11.5 Å². The van der Waals surface area contributed by atoms with Gasteiger partial charge in [-0.2, -0.15) is 18.3 Å². The van der Waals surface area contributed by atoms with Crippen molar-refractivity contribution >= 4 is 5.91 Å². The van der Waals surface area contributed by atoms with Crippen molar-refractivity contribution in [3.05, 3.63) is 47.3 Å². The molecule has 4 N–H and O–H groups in total. The fraction of sp³-hybridized carbons (Fsp3) is 0.231. The Balaban J connectivity index is 2.47. The van der Waals surface area contributed by atoms with E-state index in [1.54, 1.807) is 0 Å². The Bertz CT molecular complexity index is 664. The number of carbonyl (C=O) groups excluding carboxylic acids is 1. The highest BCUT2D eigenvalue weighted by atomic mass is 19.4. The number of hydrogen-bond acceptors (Lipinski definition) is 3. The van der Waals surface area contributed by atoms with Crippen LogP contribution in [0.2, 0.25) is 0 Å². The van der Waals surface area contributed by atoms with Crippen LogP contribution in [0.15, 0.2) is 30.6 Å². The fourth-order valence-electron chi connectivity index (χ4n) is 1.94. The average molecular weight is 298 g/mol. The van der Waals surface area contributed by atoms with Crippen LogP contribution in [0, 0.1) is 0 Å². The lowest BCUT2D eigenvalue weighted by atomic mass is 10.0. The van der Waals surface area contributed by atoms with Crippen molar-refractivity contribution in [3.63, 3.8) is 0 Å². The molecule has 1 heterocycles. The first-order valence-electron chi connectivity index (χ1n) is 6.08. The van der Waals surface area contributed by atoms with Crippen LogP contribution in [0.1, 0.15) is 21.5 Å². The van der Waals surface area contributed by atoms with Crippen LogP contribution in [0.25, 0.3) is 5.69 Å². The molecule has 8 heteroatoms. The second-order valence-corrected chi connectivity index (χ2v) is 4.42. The highest BCUT2D eigenvalue weighted by molar-refractivity contribution is 5.92. The van der Waals surface area contributed by atoms with Gasteiger partial charge in [-0.25, -0.2) is 4.68 Å². The molecular weight excluding hydrogens is 285 g/mol. The zero-order chi connectivity index (χ0) is 15.6. The minimum Gasteiger partial charge on any atom is -0.366 e. The summed E-state index contributed by atoms with van der Waals surface area (Å²) in [5.74, 6) is -0.697.